The molecule has 0 saturated carbocycles. The van der Waals surface area contributed by atoms with E-state index in [1.165, 1.54) is 6.07 Å². The fourth-order valence-electron chi connectivity index (χ4n) is 2.34. The van der Waals surface area contributed by atoms with Gasteiger partial charge >= 0.3 is 0 Å². The Balaban J connectivity index is 2.61. The third kappa shape index (κ3) is 2.16. The Kier molecular flexibility index (Phi) is 3.22. The van der Waals surface area contributed by atoms with Crippen molar-refractivity contribution in [2.75, 3.05) is 0 Å². The fraction of sp³-hybridized carbons (Fsp3) is 0.250. The molecule has 0 aliphatic heterocycles. The van der Waals surface area contributed by atoms with E-state index >= 15 is 0 Å². The molecular weight excluding hydrogens is 225 g/mol. The van der Waals surface area contributed by atoms with Crippen LogP contribution >= 0.6 is 0 Å². The van der Waals surface area contributed by atoms with Gasteiger partial charge in [0.15, 0.2) is 0 Å². The first-order chi connectivity index (χ1) is 8.43. The van der Waals surface area contributed by atoms with Crippen LogP contribution in [0, 0.1) is 19.7 Å². The van der Waals surface area contributed by atoms with Crippen LogP contribution in [0.5, 0.6) is 0 Å². The van der Waals surface area contributed by atoms with Crippen LogP contribution in [0.1, 0.15) is 29.2 Å². The molecule has 1 atom stereocenters. The summed E-state index contributed by atoms with van der Waals surface area (Å²) in [5, 5.41) is 0. The molecule has 2 aromatic carbocycles. The Morgan fingerprint density at radius 3 is 2.33 bits per heavy atom. The van der Waals surface area contributed by atoms with Gasteiger partial charge in [0.25, 0.3) is 0 Å². The predicted molar refractivity (Wildman–Crippen MR) is 73.0 cm³/mol. The van der Waals surface area contributed by atoms with Gasteiger partial charge in [-0.1, -0.05) is 42.0 Å². The zero-order valence-corrected chi connectivity index (χ0v) is 11.0. The summed E-state index contributed by atoms with van der Waals surface area (Å²) in [6.07, 6.45) is 0. The Morgan fingerprint density at radius 2 is 1.67 bits per heavy atom. The molecule has 0 bridgehead atoms. The molecule has 0 amide bonds. The molecule has 0 fully saturated rings. The number of hydrogen-bond acceptors (Lipinski definition) is 1. The largest absolute Gasteiger partial charge is 0.318 e. The van der Waals surface area contributed by atoms with Gasteiger partial charge in [0.05, 0.1) is 5.54 Å². The molecule has 0 heterocycles. The summed E-state index contributed by atoms with van der Waals surface area (Å²) in [6.45, 7) is 5.79. The summed E-state index contributed by atoms with van der Waals surface area (Å²) in [5.41, 5.74) is 9.15. The maximum absolute atomic E-state index is 14.0. The highest BCUT2D eigenvalue weighted by molar-refractivity contribution is 5.42. The molecule has 0 aromatic heterocycles. The standard InChI is InChI=1S/C16H18FN/c1-11-8-9-15(17)14(10-11)16(3,18)13-7-5-4-6-12(13)2/h4-10H,18H2,1-3H3. The Hall–Kier alpha value is -1.67. The van der Waals surface area contributed by atoms with Crippen LogP contribution in [-0.4, -0.2) is 0 Å². The van der Waals surface area contributed by atoms with Crippen LogP contribution in [0.3, 0.4) is 0 Å². The molecule has 2 heteroatoms. The van der Waals surface area contributed by atoms with Gasteiger partial charge in [-0.05, 0) is 38.0 Å². The number of aryl methyl sites for hydroxylation is 2. The highest BCUT2D eigenvalue weighted by Crippen LogP contribution is 2.31. The molecule has 0 saturated heterocycles. The number of nitrogens with two attached hydrogens (primary N) is 1. The van der Waals surface area contributed by atoms with Crippen molar-refractivity contribution >= 4 is 0 Å². The first-order valence-corrected chi connectivity index (χ1v) is 6.04. The van der Waals surface area contributed by atoms with E-state index in [-0.39, 0.29) is 5.82 Å². The lowest BCUT2D eigenvalue weighted by Crippen LogP contribution is -2.36. The van der Waals surface area contributed by atoms with Crippen molar-refractivity contribution < 1.29 is 4.39 Å². The molecule has 0 aliphatic carbocycles. The molecule has 2 aromatic rings. The highest BCUT2D eigenvalue weighted by atomic mass is 19.1. The first-order valence-electron chi connectivity index (χ1n) is 6.04. The van der Waals surface area contributed by atoms with Crippen LogP contribution in [0.4, 0.5) is 4.39 Å². The molecule has 1 unspecified atom stereocenters. The van der Waals surface area contributed by atoms with Gasteiger partial charge < -0.3 is 5.73 Å². The maximum atomic E-state index is 14.0. The van der Waals surface area contributed by atoms with E-state index in [2.05, 4.69) is 0 Å². The van der Waals surface area contributed by atoms with Gasteiger partial charge in [-0.3, -0.25) is 0 Å². The van der Waals surface area contributed by atoms with Gasteiger partial charge in [-0.15, -0.1) is 0 Å². The Labute approximate surface area is 107 Å². The van der Waals surface area contributed by atoms with Crippen LogP contribution < -0.4 is 5.73 Å². The lowest BCUT2D eigenvalue weighted by molar-refractivity contribution is 0.528. The number of rotatable bonds is 2. The van der Waals surface area contributed by atoms with Crippen molar-refractivity contribution in [3.05, 3.63) is 70.5 Å². The molecule has 2 rings (SSSR count). The van der Waals surface area contributed by atoms with Gasteiger partial charge in [-0.2, -0.15) is 0 Å². The quantitative estimate of drug-likeness (QED) is 0.855. The number of hydrogen-bond donors (Lipinski definition) is 1. The molecule has 0 aliphatic rings. The zero-order valence-electron chi connectivity index (χ0n) is 11.0. The summed E-state index contributed by atoms with van der Waals surface area (Å²) in [4.78, 5) is 0. The Bertz CT molecular complexity index is 573. The second kappa shape index (κ2) is 4.54. The first kappa shape index (κ1) is 12.8. The minimum atomic E-state index is -0.818. The van der Waals surface area contributed by atoms with Crippen LogP contribution in [0.2, 0.25) is 0 Å². The van der Waals surface area contributed by atoms with Crippen LogP contribution in [0.25, 0.3) is 0 Å². The average molecular weight is 243 g/mol. The Morgan fingerprint density at radius 1 is 1.00 bits per heavy atom. The lowest BCUT2D eigenvalue weighted by atomic mass is 9.82. The fourth-order valence-corrected chi connectivity index (χ4v) is 2.34. The lowest BCUT2D eigenvalue weighted by Gasteiger charge is -2.28. The minimum absolute atomic E-state index is 0.256. The molecule has 2 N–H and O–H groups in total. The number of benzene rings is 2. The van der Waals surface area contributed by atoms with E-state index < -0.39 is 5.54 Å². The van der Waals surface area contributed by atoms with Crippen molar-refractivity contribution in [3.8, 4) is 0 Å². The van der Waals surface area contributed by atoms with Crippen molar-refractivity contribution in [2.45, 2.75) is 26.3 Å². The molecule has 18 heavy (non-hydrogen) atoms. The van der Waals surface area contributed by atoms with Gasteiger partial charge in [0.1, 0.15) is 5.82 Å². The van der Waals surface area contributed by atoms with Crippen LogP contribution in [-0.2, 0) is 5.54 Å². The normalized spacial score (nSPS) is 14.3. The van der Waals surface area contributed by atoms with Crippen molar-refractivity contribution in [1.82, 2.24) is 0 Å². The second-order valence-electron chi connectivity index (χ2n) is 5.00. The molecular formula is C16H18FN. The zero-order chi connectivity index (χ0) is 13.3. The van der Waals surface area contributed by atoms with E-state index in [0.717, 1.165) is 16.7 Å². The predicted octanol–water partition coefficient (Wildman–Crippen LogP) is 3.66. The summed E-state index contributed by atoms with van der Waals surface area (Å²) >= 11 is 0. The molecule has 0 radical (unpaired) electrons. The van der Waals surface area contributed by atoms with Crippen molar-refractivity contribution in [3.63, 3.8) is 0 Å². The van der Waals surface area contributed by atoms with Crippen molar-refractivity contribution in [2.24, 2.45) is 5.73 Å². The average Bonchev–Trinajstić information content (AvgIpc) is 2.32. The van der Waals surface area contributed by atoms with Gasteiger partial charge in [-0.25, -0.2) is 4.39 Å². The van der Waals surface area contributed by atoms with E-state index in [4.69, 9.17) is 5.73 Å². The SMILES string of the molecule is Cc1ccc(F)c(C(C)(N)c2ccccc2C)c1. The maximum Gasteiger partial charge on any atom is 0.128 e. The monoisotopic (exact) mass is 243 g/mol. The highest BCUT2D eigenvalue weighted by Gasteiger charge is 2.28. The molecule has 1 nitrogen and oxygen atoms in total. The second-order valence-corrected chi connectivity index (χ2v) is 5.00. The van der Waals surface area contributed by atoms with E-state index in [0.29, 0.717) is 5.56 Å². The van der Waals surface area contributed by atoms with Crippen molar-refractivity contribution in [1.29, 1.82) is 0 Å². The smallest absolute Gasteiger partial charge is 0.128 e. The molecule has 0 spiro atoms. The number of halogens is 1. The van der Waals surface area contributed by atoms with Gasteiger partial charge in [0.2, 0.25) is 0 Å². The van der Waals surface area contributed by atoms with E-state index in [9.17, 15) is 4.39 Å². The summed E-state index contributed by atoms with van der Waals surface area (Å²) < 4.78 is 14.0. The van der Waals surface area contributed by atoms with E-state index in [1.807, 2.05) is 51.1 Å². The van der Waals surface area contributed by atoms with Gasteiger partial charge in [0, 0.05) is 5.56 Å². The third-order valence-electron chi connectivity index (χ3n) is 3.39. The summed E-state index contributed by atoms with van der Waals surface area (Å²) in [5.74, 6) is -0.256. The molecule has 94 valence electrons. The van der Waals surface area contributed by atoms with Crippen LogP contribution in [0.15, 0.2) is 42.5 Å². The minimum Gasteiger partial charge on any atom is -0.318 e. The van der Waals surface area contributed by atoms with E-state index in [1.54, 1.807) is 6.07 Å². The summed E-state index contributed by atoms with van der Waals surface area (Å²) in [7, 11) is 0. The summed E-state index contributed by atoms with van der Waals surface area (Å²) in [6, 6.07) is 12.9. The third-order valence-corrected chi connectivity index (χ3v) is 3.39. The topological polar surface area (TPSA) is 26.0 Å².